The molecule has 0 spiro atoms. The maximum Gasteiger partial charge on any atom is 0.251 e. The van der Waals surface area contributed by atoms with Crippen molar-refractivity contribution in [3.8, 4) is 16.9 Å². The second kappa shape index (κ2) is 11.4. The summed E-state index contributed by atoms with van der Waals surface area (Å²) in [5.41, 5.74) is 4.26. The Hall–Kier alpha value is -4.40. The molecule has 0 fully saturated rings. The first-order valence-corrected chi connectivity index (χ1v) is 13.2. The van der Waals surface area contributed by atoms with Gasteiger partial charge in [-0.15, -0.1) is 0 Å². The highest BCUT2D eigenvalue weighted by molar-refractivity contribution is 6.31. The number of nitrogens with one attached hydrogen (secondary N) is 2. The molecule has 0 radical (unpaired) electrons. The Bertz CT molecular complexity index is 1750. The van der Waals surface area contributed by atoms with Gasteiger partial charge in [0.05, 0.1) is 30.4 Å². The molecule has 2 heterocycles. The van der Waals surface area contributed by atoms with Gasteiger partial charge in [-0.1, -0.05) is 41.9 Å². The zero-order chi connectivity index (χ0) is 28.4. The highest BCUT2D eigenvalue weighted by Gasteiger charge is 2.25. The van der Waals surface area contributed by atoms with Gasteiger partial charge >= 0.3 is 0 Å². The lowest BCUT2D eigenvalue weighted by Crippen LogP contribution is -2.37. The lowest BCUT2D eigenvalue weighted by atomic mass is 9.97. The van der Waals surface area contributed by atoms with E-state index in [0.717, 1.165) is 22.4 Å². The van der Waals surface area contributed by atoms with Crippen LogP contribution in [0.1, 0.15) is 34.7 Å². The number of carbonyl (C=O) groups is 1. The number of aromatic nitrogens is 3. The van der Waals surface area contributed by atoms with Crippen LogP contribution in [0.2, 0.25) is 5.02 Å². The number of ketones is 1. The average molecular weight is 557 g/mol. The summed E-state index contributed by atoms with van der Waals surface area (Å²) in [5.74, 6) is 0.994. The van der Waals surface area contributed by atoms with Crippen LogP contribution in [0.15, 0.2) is 83.8 Å². The van der Waals surface area contributed by atoms with E-state index in [0.29, 0.717) is 39.6 Å². The number of imidazole rings is 1. The van der Waals surface area contributed by atoms with E-state index < -0.39 is 12.3 Å². The molecule has 0 saturated heterocycles. The molecule has 9 heteroatoms. The number of nitrogens with zero attached hydrogens (tertiary/aromatic N) is 2. The number of aliphatic hydroxyl groups excluding tert-OH is 1. The molecule has 0 aliphatic carbocycles. The molecule has 0 bridgehead atoms. The van der Waals surface area contributed by atoms with Crippen molar-refractivity contribution in [2.24, 2.45) is 0 Å². The number of hydrogen-bond donors (Lipinski definition) is 3. The van der Waals surface area contributed by atoms with E-state index in [1.165, 1.54) is 24.7 Å². The fourth-order valence-electron chi connectivity index (χ4n) is 4.92. The van der Waals surface area contributed by atoms with E-state index in [2.05, 4.69) is 15.3 Å². The predicted molar refractivity (Wildman–Crippen MR) is 157 cm³/mol. The van der Waals surface area contributed by atoms with Gasteiger partial charge in [0, 0.05) is 27.9 Å². The van der Waals surface area contributed by atoms with Crippen molar-refractivity contribution < 1.29 is 14.6 Å². The number of ether oxygens (including phenoxy) is 1. The monoisotopic (exact) mass is 556 g/mol. The van der Waals surface area contributed by atoms with Crippen LogP contribution in [0.4, 0.5) is 5.69 Å². The van der Waals surface area contributed by atoms with Gasteiger partial charge in [-0.05, 0) is 67.8 Å². The van der Waals surface area contributed by atoms with Crippen LogP contribution in [0.25, 0.3) is 22.2 Å². The lowest BCUT2D eigenvalue weighted by Gasteiger charge is -2.28. The van der Waals surface area contributed by atoms with E-state index in [1.54, 1.807) is 24.4 Å². The summed E-state index contributed by atoms with van der Waals surface area (Å²) >= 11 is 6.25. The number of benzene rings is 3. The molecule has 2 aromatic heterocycles. The van der Waals surface area contributed by atoms with Crippen LogP contribution < -0.4 is 15.6 Å². The Kier molecular flexibility index (Phi) is 7.73. The normalized spacial score (nSPS) is 12.7. The number of methoxy groups -OCH3 is 1. The van der Waals surface area contributed by atoms with Gasteiger partial charge in [-0.25, -0.2) is 4.98 Å². The van der Waals surface area contributed by atoms with Crippen LogP contribution in [-0.4, -0.2) is 38.8 Å². The molecule has 2 unspecified atom stereocenters. The van der Waals surface area contributed by atoms with E-state index in [4.69, 9.17) is 16.3 Å². The third kappa shape index (κ3) is 5.64. The molecule has 5 aromatic rings. The zero-order valence-corrected chi connectivity index (χ0v) is 23.1. The number of rotatable bonds is 9. The van der Waals surface area contributed by atoms with Crippen molar-refractivity contribution in [1.82, 2.24) is 14.5 Å². The molecule has 204 valence electrons. The number of Topliss-reactive ketones (excluding diaryl/α,β-unsaturated/α-hetero) is 1. The van der Waals surface area contributed by atoms with Gasteiger partial charge in [0.2, 0.25) is 0 Å². The molecule has 0 aliphatic heterocycles. The Labute approximate surface area is 236 Å². The fraction of sp³-hybridized carbons (Fsp3) is 0.194. The smallest absolute Gasteiger partial charge is 0.251 e. The molecule has 0 aliphatic rings. The molecule has 40 heavy (non-hydrogen) atoms. The van der Waals surface area contributed by atoms with Crippen molar-refractivity contribution in [3.63, 3.8) is 0 Å². The highest BCUT2D eigenvalue weighted by Crippen LogP contribution is 2.34. The number of fused-ring (bicyclic) bond motifs is 1. The summed E-state index contributed by atoms with van der Waals surface area (Å²) in [6, 6.07) is 20.8. The van der Waals surface area contributed by atoms with Crippen LogP contribution in [0, 0.1) is 6.92 Å². The third-order valence-corrected chi connectivity index (χ3v) is 7.07. The van der Waals surface area contributed by atoms with Crippen molar-refractivity contribution >= 4 is 34.1 Å². The lowest BCUT2D eigenvalue weighted by molar-refractivity contribution is 0.101. The molecule has 5 rings (SSSR count). The Morgan fingerprint density at radius 2 is 1.88 bits per heavy atom. The molecule has 0 amide bonds. The minimum Gasteiger partial charge on any atom is -0.495 e. The third-order valence-electron chi connectivity index (χ3n) is 6.84. The standard InChI is InChI=1S/C31H29ClN4O4/c1-18(37)23-11-9-21(32)14-24(23)25-16-30(38)36(17-29(25)40-3)28(13-20-7-5-4-6-8-20)31(39)35-22-10-12-26-27(15-22)34-19(2)33-26/h4-12,14-17,28,31,35,39H,13H2,1-3H3,(H,33,34). The minimum atomic E-state index is -1.14. The molecule has 8 nitrogen and oxygen atoms in total. The highest BCUT2D eigenvalue weighted by atomic mass is 35.5. The van der Waals surface area contributed by atoms with Crippen LogP contribution in [0.3, 0.4) is 0 Å². The molecule has 2 atom stereocenters. The fourth-order valence-corrected chi connectivity index (χ4v) is 5.09. The molecule has 3 aromatic carbocycles. The van der Waals surface area contributed by atoms with Crippen LogP contribution in [0.5, 0.6) is 5.75 Å². The van der Waals surface area contributed by atoms with Gasteiger partial charge in [0.1, 0.15) is 17.8 Å². The summed E-state index contributed by atoms with van der Waals surface area (Å²) < 4.78 is 7.15. The van der Waals surface area contributed by atoms with Gasteiger partial charge in [-0.3, -0.25) is 9.59 Å². The average Bonchev–Trinajstić information content (AvgIpc) is 3.31. The van der Waals surface area contributed by atoms with Crippen molar-refractivity contribution in [2.75, 3.05) is 12.4 Å². The second-order valence-electron chi connectivity index (χ2n) is 9.65. The minimum absolute atomic E-state index is 0.163. The Balaban J connectivity index is 1.58. The SMILES string of the molecule is COc1cn(C(Cc2ccccc2)C(O)Nc2ccc3nc(C)[nH]c3c2)c(=O)cc1-c1cc(Cl)ccc1C(C)=O. The van der Waals surface area contributed by atoms with Gasteiger partial charge in [0.15, 0.2) is 5.78 Å². The summed E-state index contributed by atoms with van der Waals surface area (Å²) in [5, 5.41) is 15.1. The number of H-pyrrole nitrogens is 1. The largest absolute Gasteiger partial charge is 0.495 e. The molecule has 3 N–H and O–H groups in total. The number of aliphatic hydroxyl groups is 1. The first kappa shape index (κ1) is 27.2. The number of aryl methyl sites for hydroxylation is 1. The maximum atomic E-state index is 13.7. The molecule has 0 saturated carbocycles. The summed E-state index contributed by atoms with van der Waals surface area (Å²) in [6.07, 6.45) is 0.787. The van der Waals surface area contributed by atoms with E-state index in [9.17, 15) is 14.7 Å². The van der Waals surface area contributed by atoms with Crippen molar-refractivity contribution in [1.29, 1.82) is 0 Å². The van der Waals surface area contributed by atoms with Gasteiger partial charge in [0.25, 0.3) is 5.56 Å². The number of anilines is 1. The topological polar surface area (TPSA) is 109 Å². The van der Waals surface area contributed by atoms with E-state index >= 15 is 0 Å². The van der Waals surface area contributed by atoms with Crippen LogP contribution >= 0.6 is 11.6 Å². The number of carbonyl (C=O) groups excluding carboxylic acids is 1. The van der Waals surface area contributed by atoms with Crippen LogP contribution in [-0.2, 0) is 6.42 Å². The first-order valence-electron chi connectivity index (χ1n) is 12.8. The summed E-state index contributed by atoms with van der Waals surface area (Å²) in [6.45, 7) is 3.34. The summed E-state index contributed by atoms with van der Waals surface area (Å²) in [4.78, 5) is 33.6. The number of hydrogen-bond acceptors (Lipinski definition) is 6. The van der Waals surface area contributed by atoms with E-state index in [-0.39, 0.29) is 11.3 Å². The molecular weight excluding hydrogens is 528 g/mol. The van der Waals surface area contributed by atoms with Gasteiger partial charge in [-0.2, -0.15) is 0 Å². The Morgan fingerprint density at radius 1 is 1.10 bits per heavy atom. The first-order chi connectivity index (χ1) is 19.2. The van der Waals surface area contributed by atoms with Crippen molar-refractivity contribution in [3.05, 3.63) is 111 Å². The molecular formula is C31H29ClN4O4. The number of aromatic amines is 1. The Morgan fingerprint density at radius 3 is 2.60 bits per heavy atom. The maximum absolute atomic E-state index is 13.7. The number of halogens is 1. The number of pyridine rings is 1. The quantitative estimate of drug-likeness (QED) is 0.157. The van der Waals surface area contributed by atoms with Crippen molar-refractivity contribution in [2.45, 2.75) is 32.5 Å². The predicted octanol–water partition coefficient (Wildman–Crippen LogP) is 5.78. The van der Waals surface area contributed by atoms with E-state index in [1.807, 2.05) is 55.5 Å². The van der Waals surface area contributed by atoms with Gasteiger partial charge < -0.3 is 24.7 Å². The zero-order valence-electron chi connectivity index (χ0n) is 22.3. The second-order valence-corrected chi connectivity index (χ2v) is 10.1. The summed E-state index contributed by atoms with van der Waals surface area (Å²) in [7, 11) is 1.49.